The molecule has 0 N–H and O–H groups in total. The summed E-state index contributed by atoms with van der Waals surface area (Å²) in [4.78, 5) is 0. The number of methoxy groups -OCH3 is 3. The van der Waals surface area contributed by atoms with Crippen LogP contribution in [0.2, 0.25) is 13.1 Å². The molecule has 0 radical (unpaired) electrons. The van der Waals surface area contributed by atoms with Gasteiger partial charge in [-0.15, -0.1) is 53.6 Å². The number of halogens is 2. The van der Waals surface area contributed by atoms with Crippen molar-refractivity contribution in [2.24, 2.45) is 5.92 Å². The number of rotatable bonds is 4. The molecule has 1 unspecified atom stereocenters. The number of hydrogen-bond donors (Lipinski definition) is 0. The maximum atomic E-state index is 5.54. The molecule has 0 aliphatic heterocycles. The summed E-state index contributed by atoms with van der Waals surface area (Å²) in [6.45, 7) is 13.3. The van der Waals surface area contributed by atoms with Gasteiger partial charge in [-0.3, -0.25) is 6.08 Å². The van der Waals surface area contributed by atoms with Gasteiger partial charge >= 0.3 is 41.9 Å². The average Bonchev–Trinajstić information content (AvgIpc) is 3.34. The Morgan fingerprint density at radius 2 is 1.44 bits per heavy atom. The third kappa shape index (κ3) is 8.87. The molecule has 0 spiro atoms. The second kappa shape index (κ2) is 16.5. The molecule has 0 saturated heterocycles. The van der Waals surface area contributed by atoms with E-state index in [1.807, 2.05) is 24.3 Å². The van der Waals surface area contributed by atoms with Crippen LogP contribution in [0, 0.1) is 12.0 Å². The van der Waals surface area contributed by atoms with Gasteiger partial charge in [-0.2, -0.15) is 11.1 Å². The summed E-state index contributed by atoms with van der Waals surface area (Å²) < 4.78 is 16.4. The molecule has 3 nitrogen and oxygen atoms in total. The van der Waals surface area contributed by atoms with Gasteiger partial charge in [0.2, 0.25) is 0 Å². The van der Waals surface area contributed by atoms with Crippen LogP contribution in [0.4, 0.5) is 0 Å². The molecule has 1 aliphatic rings. The summed E-state index contributed by atoms with van der Waals surface area (Å²) in [5.74, 6) is 2.75. The molecule has 36 heavy (non-hydrogen) atoms. The molecule has 0 saturated carbocycles. The standard InChI is InChI=1S/C18H17O3.C9H13.C2H6Si.2ClH.Zr/c1-19-13-10-16(20-2)18(17(11-13)21-3)15-9-8-12-6-4-5-7-14(12)15;1-6-5-7(2)9(4)8(6)3;1-3-2;;;/h4-11H,1-3H3;6H,1-4H3;1-2H3;2*1H;/q2*-1;;;;+2/p-2. The minimum Gasteiger partial charge on any atom is -1.00 e. The molecule has 0 amide bonds. The van der Waals surface area contributed by atoms with Crippen molar-refractivity contribution in [3.63, 3.8) is 0 Å². The second-order valence-corrected chi connectivity index (χ2v) is 17.9. The largest absolute Gasteiger partial charge is 1.00 e. The van der Waals surface area contributed by atoms with Crippen LogP contribution in [0.5, 0.6) is 17.2 Å². The molecular formula is C29H36Cl2O3SiZr-2. The Kier molecular flexibility index (Phi) is 15.8. The fourth-order valence-corrected chi connectivity index (χ4v) is 3.80. The zero-order valence-corrected chi connectivity index (χ0v) is 27.6. The van der Waals surface area contributed by atoms with Crippen molar-refractivity contribution in [2.45, 2.75) is 40.8 Å². The molecule has 7 heteroatoms. The summed E-state index contributed by atoms with van der Waals surface area (Å²) >= 11 is 1.74. The van der Waals surface area contributed by atoms with E-state index < -0.39 is 0 Å². The van der Waals surface area contributed by atoms with Crippen molar-refractivity contribution >= 4 is 16.2 Å². The van der Waals surface area contributed by atoms with Crippen LogP contribution >= 0.6 is 0 Å². The fourth-order valence-electron chi connectivity index (χ4n) is 3.80. The van der Waals surface area contributed by atoms with Gasteiger partial charge in [-0.25, -0.2) is 5.57 Å². The molecule has 4 rings (SSSR count). The van der Waals surface area contributed by atoms with Gasteiger partial charge in [0.05, 0.1) is 21.3 Å². The SMILES string of the molecule is CC1=[C-]C(C)C(C)=C1C.COc1cc(OC)c(-c2c[cH-]c3ccccc23)c(OC)c1.C[Si](C)=[Zr+2].[Cl-].[Cl-]. The van der Waals surface area contributed by atoms with Crippen LogP contribution < -0.4 is 39.0 Å². The van der Waals surface area contributed by atoms with Crippen LogP contribution in [0.1, 0.15) is 27.7 Å². The van der Waals surface area contributed by atoms with E-state index in [2.05, 4.69) is 71.1 Å². The molecule has 0 aromatic heterocycles. The van der Waals surface area contributed by atoms with E-state index in [0.29, 0.717) is 11.7 Å². The first kappa shape index (κ1) is 34.6. The summed E-state index contributed by atoms with van der Waals surface area (Å²) in [6.07, 6.45) is 3.36. The van der Waals surface area contributed by atoms with E-state index in [1.165, 1.54) is 27.5 Å². The fraction of sp³-hybridized carbons (Fsp3) is 0.345. The van der Waals surface area contributed by atoms with Gasteiger partial charge < -0.3 is 39.0 Å². The van der Waals surface area contributed by atoms with Crippen LogP contribution in [0.15, 0.2) is 65.3 Å². The zero-order valence-electron chi connectivity index (χ0n) is 22.7. The molecule has 1 atom stereocenters. The van der Waals surface area contributed by atoms with Gasteiger partial charge in [-0.1, -0.05) is 32.8 Å². The van der Waals surface area contributed by atoms with Crippen molar-refractivity contribution < 1.29 is 62.4 Å². The molecule has 0 fully saturated rings. The van der Waals surface area contributed by atoms with Crippen LogP contribution in [0.25, 0.3) is 21.9 Å². The van der Waals surface area contributed by atoms with Crippen LogP contribution in [0.3, 0.4) is 0 Å². The molecule has 194 valence electrons. The number of fused-ring (bicyclic) bond motifs is 1. The summed E-state index contributed by atoms with van der Waals surface area (Å²) in [6, 6.07) is 16.2. The predicted molar refractivity (Wildman–Crippen MR) is 142 cm³/mol. The van der Waals surface area contributed by atoms with Crippen LogP contribution in [-0.4, -0.2) is 26.8 Å². The Labute approximate surface area is 244 Å². The van der Waals surface area contributed by atoms with E-state index >= 15 is 0 Å². The van der Waals surface area contributed by atoms with Gasteiger partial charge in [0.25, 0.3) is 0 Å². The van der Waals surface area contributed by atoms with Gasteiger partial charge in [-0.05, 0) is 0 Å². The van der Waals surface area contributed by atoms with E-state index in [-0.39, 0.29) is 30.2 Å². The Balaban J connectivity index is 0.000000686. The summed E-state index contributed by atoms with van der Waals surface area (Å²) in [7, 11) is 4.94. The third-order valence-electron chi connectivity index (χ3n) is 5.90. The normalized spacial score (nSPS) is 13.8. The van der Waals surface area contributed by atoms with E-state index in [1.54, 1.807) is 44.7 Å². The molecule has 3 aromatic carbocycles. The molecule has 0 bridgehead atoms. The molecular weight excluding hydrogens is 587 g/mol. The van der Waals surface area contributed by atoms with Crippen molar-refractivity contribution in [1.82, 2.24) is 0 Å². The molecule has 0 heterocycles. The van der Waals surface area contributed by atoms with Crippen molar-refractivity contribution in [1.29, 1.82) is 0 Å². The van der Waals surface area contributed by atoms with Crippen molar-refractivity contribution in [2.75, 3.05) is 21.3 Å². The number of hydrogen-bond acceptors (Lipinski definition) is 3. The van der Waals surface area contributed by atoms with Crippen LogP contribution in [-0.2, 0) is 23.3 Å². The third-order valence-corrected chi connectivity index (χ3v) is 5.90. The van der Waals surface area contributed by atoms with Gasteiger partial charge in [0.15, 0.2) is 0 Å². The Bertz CT molecular complexity index is 1190. The van der Waals surface area contributed by atoms with Crippen molar-refractivity contribution in [3.8, 4) is 28.4 Å². The minimum absolute atomic E-state index is 0. The maximum Gasteiger partial charge on any atom is -1.00 e. The topological polar surface area (TPSA) is 27.7 Å². The van der Waals surface area contributed by atoms with Gasteiger partial charge in [0.1, 0.15) is 17.2 Å². The van der Waals surface area contributed by atoms with E-state index in [9.17, 15) is 0 Å². The quantitative estimate of drug-likeness (QED) is 0.328. The smallest absolute Gasteiger partial charge is 1.00 e. The zero-order chi connectivity index (χ0) is 25.4. The number of ether oxygens (including phenoxy) is 3. The first-order valence-corrected chi connectivity index (χ1v) is 17.6. The molecule has 3 aromatic rings. The maximum absolute atomic E-state index is 5.54. The Morgan fingerprint density at radius 1 is 0.917 bits per heavy atom. The average molecular weight is 623 g/mol. The number of allylic oxidation sites excluding steroid dienone is 4. The predicted octanol–water partition coefficient (Wildman–Crippen LogP) is 1.77. The Morgan fingerprint density at radius 3 is 1.83 bits per heavy atom. The number of benzene rings is 2. The van der Waals surface area contributed by atoms with E-state index in [4.69, 9.17) is 14.2 Å². The first-order chi connectivity index (χ1) is 16.1. The van der Waals surface area contributed by atoms with E-state index in [0.717, 1.165) is 22.6 Å². The Hall–Kier alpha value is -1.39. The van der Waals surface area contributed by atoms with Crippen molar-refractivity contribution in [3.05, 3.63) is 71.3 Å². The van der Waals surface area contributed by atoms with Gasteiger partial charge in [0, 0.05) is 17.7 Å². The summed E-state index contributed by atoms with van der Waals surface area (Å²) in [5.41, 5.74) is 6.50. The minimum atomic E-state index is 0. The first-order valence-electron chi connectivity index (χ1n) is 11.4. The monoisotopic (exact) mass is 620 g/mol. The second-order valence-electron chi connectivity index (χ2n) is 8.54. The summed E-state index contributed by atoms with van der Waals surface area (Å²) in [5, 5.41) is 2.38. The molecule has 1 aliphatic carbocycles.